The van der Waals surface area contributed by atoms with E-state index in [2.05, 4.69) is 17.2 Å². The number of nitrogens with one attached hydrogen (secondary N) is 1. The predicted molar refractivity (Wildman–Crippen MR) is 87.7 cm³/mol. The summed E-state index contributed by atoms with van der Waals surface area (Å²) in [6.07, 6.45) is 6.51. The van der Waals surface area contributed by atoms with Gasteiger partial charge >= 0.3 is 0 Å². The van der Waals surface area contributed by atoms with Gasteiger partial charge in [-0.3, -0.25) is 4.79 Å². The lowest BCUT2D eigenvalue weighted by molar-refractivity contribution is -0.122. The Hall–Kier alpha value is -0.360. The standard InChI is InChI=1S/C13H21N3OS.2ClH/c1-2-11(13-15-6-7-18-13)16-12(17)8-9-4-3-5-10(9)14;;/h6-7,9-11H,2-5,8,14H2,1H3,(H,16,17);2*1H/t9-,10+,11?;;/m0../s1. The largest absolute Gasteiger partial charge is 0.347 e. The Bertz CT molecular complexity index is 389. The number of nitrogens with zero attached hydrogens (tertiary/aromatic N) is 1. The third-order valence-corrected chi connectivity index (χ3v) is 4.55. The molecule has 20 heavy (non-hydrogen) atoms. The monoisotopic (exact) mass is 339 g/mol. The average Bonchev–Trinajstić information content (AvgIpc) is 2.99. The van der Waals surface area contributed by atoms with Gasteiger partial charge in [-0.25, -0.2) is 4.98 Å². The molecule has 1 aromatic heterocycles. The Morgan fingerprint density at radius 1 is 1.55 bits per heavy atom. The lowest BCUT2D eigenvalue weighted by Crippen LogP contribution is -2.33. The van der Waals surface area contributed by atoms with E-state index in [1.807, 2.05) is 5.38 Å². The number of aromatic nitrogens is 1. The van der Waals surface area contributed by atoms with Crippen molar-refractivity contribution in [3.05, 3.63) is 16.6 Å². The van der Waals surface area contributed by atoms with E-state index < -0.39 is 0 Å². The van der Waals surface area contributed by atoms with Gasteiger partial charge in [-0.05, 0) is 25.2 Å². The van der Waals surface area contributed by atoms with Gasteiger partial charge in [-0.2, -0.15) is 0 Å². The second-order valence-corrected chi connectivity index (χ2v) is 5.88. The van der Waals surface area contributed by atoms with Crippen LogP contribution in [0.2, 0.25) is 0 Å². The summed E-state index contributed by atoms with van der Waals surface area (Å²) in [4.78, 5) is 16.3. The Balaban J connectivity index is 0.00000180. The molecule has 116 valence electrons. The number of hydrogen-bond acceptors (Lipinski definition) is 4. The molecule has 1 aliphatic carbocycles. The van der Waals surface area contributed by atoms with E-state index in [0.717, 1.165) is 30.7 Å². The molecular formula is C13H23Cl2N3OS. The predicted octanol–water partition coefficient (Wildman–Crippen LogP) is 3.07. The summed E-state index contributed by atoms with van der Waals surface area (Å²) in [5, 5.41) is 6.00. The zero-order valence-electron chi connectivity index (χ0n) is 11.6. The minimum atomic E-state index is 0. The van der Waals surface area contributed by atoms with Crippen molar-refractivity contribution in [3.63, 3.8) is 0 Å². The molecule has 1 saturated carbocycles. The smallest absolute Gasteiger partial charge is 0.220 e. The van der Waals surface area contributed by atoms with Crippen molar-refractivity contribution in [2.75, 3.05) is 0 Å². The average molecular weight is 340 g/mol. The van der Waals surface area contributed by atoms with E-state index in [9.17, 15) is 4.79 Å². The van der Waals surface area contributed by atoms with Crippen molar-refractivity contribution < 1.29 is 4.79 Å². The maximum atomic E-state index is 12.0. The van der Waals surface area contributed by atoms with E-state index in [1.165, 1.54) is 0 Å². The summed E-state index contributed by atoms with van der Waals surface area (Å²) in [6.45, 7) is 2.06. The third-order valence-electron chi connectivity index (χ3n) is 3.66. The first kappa shape index (κ1) is 19.6. The summed E-state index contributed by atoms with van der Waals surface area (Å²) in [5.41, 5.74) is 5.99. The van der Waals surface area contributed by atoms with Gasteiger partial charge < -0.3 is 11.1 Å². The molecule has 4 nitrogen and oxygen atoms in total. The van der Waals surface area contributed by atoms with Crippen LogP contribution in [0, 0.1) is 5.92 Å². The molecule has 0 radical (unpaired) electrons. The highest BCUT2D eigenvalue weighted by atomic mass is 35.5. The van der Waals surface area contributed by atoms with Crippen LogP contribution in [0.25, 0.3) is 0 Å². The maximum Gasteiger partial charge on any atom is 0.220 e. The van der Waals surface area contributed by atoms with Crippen molar-refractivity contribution in [1.29, 1.82) is 0 Å². The molecule has 1 fully saturated rings. The SMILES string of the molecule is CCC(NC(=O)C[C@@H]1CCC[C@H]1N)c1nccs1.Cl.Cl. The van der Waals surface area contributed by atoms with Crippen LogP contribution >= 0.6 is 36.2 Å². The minimum absolute atomic E-state index is 0. The third kappa shape index (κ3) is 5.20. The second kappa shape index (κ2) is 9.55. The fourth-order valence-electron chi connectivity index (χ4n) is 2.56. The maximum absolute atomic E-state index is 12.0. The van der Waals surface area contributed by atoms with E-state index in [1.54, 1.807) is 17.5 Å². The normalized spacial score (nSPS) is 22.5. The van der Waals surface area contributed by atoms with Crippen LogP contribution in [0.3, 0.4) is 0 Å². The van der Waals surface area contributed by atoms with Crippen LogP contribution in [-0.2, 0) is 4.79 Å². The van der Waals surface area contributed by atoms with Gasteiger partial charge in [0.15, 0.2) is 0 Å². The van der Waals surface area contributed by atoms with Crippen molar-refractivity contribution in [2.45, 2.75) is 51.1 Å². The molecule has 0 aromatic carbocycles. The van der Waals surface area contributed by atoms with Gasteiger partial charge in [-0.15, -0.1) is 36.2 Å². The number of amides is 1. The lowest BCUT2D eigenvalue weighted by Gasteiger charge is -2.18. The first-order valence-corrected chi connectivity index (χ1v) is 7.53. The quantitative estimate of drug-likeness (QED) is 0.866. The molecule has 0 spiro atoms. The lowest BCUT2D eigenvalue weighted by atomic mass is 9.99. The molecule has 1 heterocycles. The zero-order valence-corrected chi connectivity index (χ0v) is 14.0. The molecule has 1 aromatic rings. The summed E-state index contributed by atoms with van der Waals surface area (Å²) >= 11 is 1.59. The van der Waals surface area contributed by atoms with E-state index >= 15 is 0 Å². The van der Waals surface area contributed by atoms with Crippen LogP contribution in [-0.4, -0.2) is 16.9 Å². The molecule has 3 atom stereocenters. The molecule has 1 aliphatic rings. The van der Waals surface area contributed by atoms with E-state index in [-0.39, 0.29) is 42.8 Å². The Morgan fingerprint density at radius 2 is 2.30 bits per heavy atom. The molecule has 1 amide bonds. The molecule has 3 N–H and O–H groups in total. The Kier molecular flexibility index (Phi) is 9.38. The van der Waals surface area contributed by atoms with Gasteiger partial charge in [0.1, 0.15) is 5.01 Å². The number of carbonyl (C=O) groups excluding carboxylic acids is 1. The topological polar surface area (TPSA) is 68.0 Å². The fraction of sp³-hybridized carbons (Fsp3) is 0.692. The van der Waals surface area contributed by atoms with Crippen molar-refractivity contribution in [3.8, 4) is 0 Å². The molecule has 2 rings (SSSR count). The zero-order chi connectivity index (χ0) is 13.0. The molecule has 0 bridgehead atoms. The molecule has 7 heteroatoms. The van der Waals surface area contributed by atoms with Gasteiger partial charge in [0.05, 0.1) is 6.04 Å². The number of rotatable bonds is 5. The van der Waals surface area contributed by atoms with E-state index in [0.29, 0.717) is 12.3 Å². The first-order valence-electron chi connectivity index (χ1n) is 6.65. The number of nitrogens with two attached hydrogens (primary N) is 1. The molecular weight excluding hydrogens is 317 g/mol. The van der Waals surface area contributed by atoms with Crippen molar-refractivity contribution >= 4 is 42.1 Å². The fourth-order valence-corrected chi connectivity index (χ4v) is 3.33. The van der Waals surface area contributed by atoms with Gasteiger partial charge in [-0.1, -0.05) is 13.3 Å². The number of halogens is 2. The van der Waals surface area contributed by atoms with Crippen LogP contribution in [0.15, 0.2) is 11.6 Å². The summed E-state index contributed by atoms with van der Waals surface area (Å²) in [6, 6.07) is 0.255. The van der Waals surface area contributed by atoms with Crippen LogP contribution in [0.5, 0.6) is 0 Å². The highest BCUT2D eigenvalue weighted by Gasteiger charge is 2.27. The van der Waals surface area contributed by atoms with Crippen molar-refractivity contribution in [1.82, 2.24) is 10.3 Å². The van der Waals surface area contributed by atoms with E-state index in [4.69, 9.17) is 5.73 Å². The first-order chi connectivity index (χ1) is 8.70. The van der Waals surface area contributed by atoms with Crippen LogP contribution in [0.4, 0.5) is 0 Å². The van der Waals surface area contributed by atoms with Crippen LogP contribution in [0.1, 0.15) is 50.1 Å². The highest BCUT2D eigenvalue weighted by Crippen LogP contribution is 2.27. The number of carbonyl (C=O) groups is 1. The summed E-state index contributed by atoms with van der Waals surface area (Å²) in [5.74, 6) is 0.471. The highest BCUT2D eigenvalue weighted by molar-refractivity contribution is 7.09. The molecule has 0 saturated heterocycles. The van der Waals surface area contributed by atoms with Crippen LogP contribution < -0.4 is 11.1 Å². The van der Waals surface area contributed by atoms with Crippen molar-refractivity contribution in [2.24, 2.45) is 11.7 Å². The summed E-state index contributed by atoms with van der Waals surface area (Å²) in [7, 11) is 0. The number of hydrogen-bond donors (Lipinski definition) is 2. The van der Waals surface area contributed by atoms with Gasteiger partial charge in [0, 0.05) is 24.0 Å². The number of thiazole rings is 1. The Morgan fingerprint density at radius 3 is 2.80 bits per heavy atom. The van der Waals surface area contributed by atoms with Gasteiger partial charge in [0.2, 0.25) is 5.91 Å². The second-order valence-electron chi connectivity index (χ2n) is 4.96. The minimum Gasteiger partial charge on any atom is -0.347 e. The molecule has 1 unspecified atom stereocenters. The van der Waals surface area contributed by atoms with Gasteiger partial charge in [0.25, 0.3) is 0 Å². The molecule has 0 aliphatic heterocycles. The summed E-state index contributed by atoms with van der Waals surface area (Å²) < 4.78 is 0. The Labute approximate surface area is 136 Å².